The average molecular weight is 666 g/mol. The van der Waals surface area contributed by atoms with Crippen molar-refractivity contribution < 1.29 is 40.2 Å². The predicted octanol–water partition coefficient (Wildman–Crippen LogP) is 0.726. The van der Waals surface area contributed by atoms with Crippen LogP contribution in [0.4, 0.5) is 0 Å². The number of aromatic hydroxyl groups is 2. The molecule has 0 radical (unpaired) electrons. The van der Waals surface area contributed by atoms with Crippen LogP contribution < -0.4 is 10.6 Å². The van der Waals surface area contributed by atoms with Crippen LogP contribution in [-0.4, -0.2) is 115 Å². The molecule has 8 N–H and O–H groups in total. The Kier molecular flexibility index (Phi) is 13.3. The fourth-order valence-corrected chi connectivity index (χ4v) is 5.86. The second-order valence-corrected chi connectivity index (χ2v) is 12.4. The minimum absolute atomic E-state index is 0.0651. The summed E-state index contributed by atoms with van der Waals surface area (Å²) >= 11 is 0. The molecule has 3 aromatic rings. The summed E-state index contributed by atoms with van der Waals surface area (Å²) in [5, 5.41) is 65.0. The van der Waals surface area contributed by atoms with Gasteiger partial charge in [0, 0.05) is 56.0 Å². The fraction of sp³-hybridized carbons (Fsp3) is 0.457. The minimum atomic E-state index is -0.844. The molecule has 0 saturated heterocycles. The largest absolute Gasteiger partial charge is 0.507 e. The average Bonchev–Trinajstić information content (AvgIpc) is 3.09. The Morgan fingerprint density at radius 2 is 1.21 bits per heavy atom. The lowest BCUT2D eigenvalue weighted by atomic mass is 10.0. The van der Waals surface area contributed by atoms with Crippen molar-refractivity contribution in [3.05, 3.63) is 87.2 Å². The Labute approximate surface area is 280 Å². The number of pyridine rings is 1. The molecule has 2 amide bonds. The van der Waals surface area contributed by atoms with Crippen LogP contribution in [0.1, 0.15) is 60.8 Å². The first-order valence-corrected chi connectivity index (χ1v) is 16.1. The molecule has 0 saturated carbocycles. The fourth-order valence-electron chi connectivity index (χ4n) is 5.86. The number of aliphatic hydroxyl groups is 4. The maximum atomic E-state index is 12.9. The van der Waals surface area contributed by atoms with Crippen LogP contribution in [0.25, 0.3) is 0 Å². The van der Waals surface area contributed by atoms with E-state index < -0.39 is 50.3 Å². The first-order chi connectivity index (χ1) is 23.0. The van der Waals surface area contributed by atoms with Crippen LogP contribution in [0, 0.1) is 13.8 Å². The molecule has 1 aromatic heterocycles. The Hall–Kier alpha value is -4.11. The number of phenolic OH excluding ortho intramolecular Hbond substituents is 2. The number of nitrogens with one attached hydrogen (secondary N) is 2. The van der Waals surface area contributed by atoms with Crippen LogP contribution in [0.5, 0.6) is 11.5 Å². The van der Waals surface area contributed by atoms with E-state index in [2.05, 4.69) is 20.4 Å². The molecule has 0 fully saturated rings. The molecule has 0 spiro atoms. The number of carbonyl (C=O) groups excluding carboxylic acids is 2. The first-order valence-electron chi connectivity index (χ1n) is 16.1. The van der Waals surface area contributed by atoms with Crippen LogP contribution in [0.15, 0.2) is 42.5 Å². The third kappa shape index (κ3) is 9.72. The molecule has 13 heteroatoms. The number of phenols is 2. The normalized spacial score (nSPS) is 14.6. The summed E-state index contributed by atoms with van der Waals surface area (Å²) in [4.78, 5) is 35.0. The van der Waals surface area contributed by atoms with Gasteiger partial charge in [-0.15, -0.1) is 0 Å². The number of hydrogen-bond donors (Lipinski definition) is 8. The molecule has 2 aromatic carbocycles. The zero-order valence-corrected chi connectivity index (χ0v) is 27.5. The number of fused-ring (bicyclic) bond motifs is 2. The first kappa shape index (κ1) is 36.7. The van der Waals surface area contributed by atoms with Gasteiger partial charge in [-0.1, -0.05) is 18.2 Å². The lowest BCUT2D eigenvalue weighted by molar-refractivity contribution is 0.0870. The lowest BCUT2D eigenvalue weighted by Crippen LogP contribution is -2.40. The molecular weight excluding hydrogens is 618 g/mol. The van der Waals surface area contributed by atoms with E-state index in [0.717, 1.165) is 28.9 Å². The van der Waals surface area contributed by atoms with Crippen LogP contribution in [0.2, 0.25) is 0 Å². The Bertz CT molecular complexity index is 1560. The van der Waals surface area contributed by atoms with Gasteiger partial charge in [0.2, 0.25) is 0 Å². The van der Waals surface area contributed by atoms with Crippen molar-refractivity contribution in [2.24, 2.45) is 0 Å². The number of hydrogen-bond acceptors (Lipinski definition) is 11. The number of aromatic nitrogens is 1. The van der Waals surface area contributed by atoms with Gasteiger partial charge in [0.25, 0.3) is 11.8 Å². The van der Waals surface area contributed by atoms with Crippen molar-refractivity contribution in [1.82, 2.24) is 25.4 Å². The molecule has 13 nitrogen and oxygen atoms in total. The monoisotopic (exact) mass is 665 g/mol. The quantitative estimate of drug-likeness (QED) is 0.136. The van der Waals surface area contributed by atoms with Crippen LogP contribution in [0.3, 0.4) is 0 Å². The van der Waals surface area contributed by atoms with Gasteiger partial charge < -0.3 is 41.3 Å². The van der Waals surface area contributed by atoms with Gasteiger partial charge in [0.15, 0.2) is 0 Å². The summed E-state index contributed by atoms with van der Waals surface area (Å²) in [6.07, 6.45) is 1.40. The summed E-state index contributed by atoms with van der Waals surface area (Å²) in [6, 6.07) is 11.0. The number of benzene rings is 2. The van der Waals surface area contributed by atoms with E-state index in [4.69, 9.17) is 4.98 Å². The highest BCUT2D eigenvalue weighted by atomic mass is 16.3. The summed E-state index contributed by atoms with van der Waals surface area (Å²) in [5.41, 5.74) is 4.62. The van der Waals surface area contributed by atoms with Crippen molar-refractivity contribution in [3.8, 4) is 11.5 Å². The van der Waals surface area contributed by atoms with Crippen molar-refractivity contribution in [3.63, 3.8) is 0 Å². The van der Waals surface area contributed by atoms with E-state index in [1.165, 1.54) is 0 Å². The predicted molar refractivity (Wildman–Crippen MR) is 178 cm³/mol. The molecule has 0 aliphatic carbocycles. The lowest BCUT2D eigenvalue weighted by Gasteiger charge is -2.26. The second kappa shape index (κ2) is 17.3. The van der Waals surface area contributed by atoms with Gasteiger partial charge in [-0.2, -0.15) is 0 Å². The summed E-state index contributed by atoms with van der Waals surface area (Å²) < 4.78 is 0. The maximum Gasteiger partial charge on any atom is 0.255 e. The number of aryl methyl sites for hydroxylation is 2. The van der Waals surface area contributed by atoms with E-state index in [-0.39, 0.29) is 22.6 Å². The summed E-state index contributed by atoms with van der Waals surface area (Å²) in [7, 11) is 0. The molecule has 1 aliphatic rings. The van der Waals surface area contributed by atoms with Crippen molar-refractivity contribution in [1.29, 1.82) is 0 Å². The van der Waals surface area contributed by atoms with Gasteiger partial charge in [-0.05, 0) is 62.2 Å². The maximum absolute atomic E-state index is 12.9. The van der Waals surface area contributed by atoms with Gasteiger partial charge >= 0.3 is 0 Å². The van der Waals surface area contributed by atoms with E-state index in [1.807, 2.05) is 44.2 Å². The number of amides is 2. The second-order valence-electron chi connectivity index (χ2n) is 12.4. The summed E-state index contributed by atoms with van der Waals surface area (Å²) in [6.45, 7) is 5.10. The zero-order chi connectivity index (χ0) is 34.8. The van der Waals surface area contributed by atoms with E-state index in [0.29, 0.717) is 56.8 Å². The SMILES string of the molecule is Cc1cc(CN2CCCN(Cc3cc(C)cc(C(=O)NC(CO)CO)c3O)Cc3cccc(n3)CC2)c(O)c(C(=O)NC(CO)CO)c1. The zero-order valence-electron chi connectivity index (χ0n) is 27.5. The highest BCUT2D eigenvalue weighted by molar-refractivity contribution is 5.98. The van der Waals surface area contributed by atoms with Crippen molar-refractivity contribution in [2.45, 2.75) is 58.4 Å². The molecule has 2 heterocycles. The standard InChI is InChI=1S/C35H47N5O8/c1-22-11-24(32(45)30(13-22)34(47)37-28(18-41)19-42)15-39-8-4-9-40(17-27-6-3-5-26(36-27)7-10-39)16-25-12-23(2)14-31(33(25)46)35(48)38-29(20-43)21-44/h3,5-6,11-14,28-29,41-46H,4,7-10,15-21H2,1-2H3,(H,37,47)(H,38,48). The molecular formula is C35H47N5O8. The van der Waals surface area contributed by atoms with Crippen LogP contribution >= 0.6 is 0 Å². The molecule has 0 atom stereocenters. The van der Waals surface area contributed by atoms with Gasteiger partial charge in [-0.25, -0.2) is 0 Å². The van der Waals surface area contributed by atoms with Gasteiger partial charge in [0.05, 0.1) is 55.3 Å². The third-order valence-electron chi connectivity index (χ3n) is 8.38. The molecule has 1 aliphatic heterocycles. The Balaban J connectivity index is 1.55. The Morgan fingerprint density at radius 1 is 0.729 bits per heavy atom. The number of rotatable bonds is 12. The molecule has 48 heavy (non-hydrogen) atoms. The topological polar surface area (TPSA) is 199 Å². The van der Waals surface area contributed by atoms with E-state index in [1.54, 1.807) is 12.1 Å². The molecule has 4 rings (SSSR count). The van der Waals surface area contributed by atoms with E-state index >= 15 is 0 Å². The van der Waals surface area contributed by atoms with Crippen LogP contribution in [-0.2, 0) is 26.1 Å². The highest BCUT2D eigenvalue weighted by Crippen LogP contribution is 2.28. The number of carbonyl (C=O) groups is 2. The van der Waals surface area contributed by atoms with Crippen molar-refractivity contribution >= 4 is 11.8 Å². The smallest absolute Gasteiger partial charge is 0.255 e. The van der Waals surface area contributed by atoms with Crippen molar-refractivity contribution in [2.75, 3.05) is 46.1 Å². The Morgan fingerprint density at radius 3 is 1.73 bits per heavy atom. The number of nitrogens with zero attached hydrogens (tertiary/aromatic N) is 3. The highest BCUT2D eigenvalue weighted by Gasteiger charge is 2.23. The molecule has 2 bridgehead atoms. The van der Waals surface area contributed by atoms with E-state index in [9.17, 15) is 40.2 Å². The molecule has 0 unspecified atom stereocenters. The van der Waals surface area contributed by atoms with Gasteiger partial charge in [-0.3, -0.25) is 24.4 Å². The number of aliphatic hydroxyl groups excluding tert-OH is 4. The van der Waals surface area contributed by atoms with Gasteiger partial charge in [0.1, 0.15) is 11.5 Å². The minimum Gasteiger partial charge on any atom is -0.507 e. The third-order valence-corrected chi connectivity index (χ3v) is 8.38. The molecule has 260 valence electrons. The summed E-state index contributed by atoms with van der Waals surface area (Å²) in [5.74, 6) is -1.48.